The lowest BCUT2D eigenvalue weighted by atomic mass is 10.0. The Morgan fingerprint density at radius 1 is 0.950 bits per heavy atom. The zero-order valence-corrected chi connectivity index (χ0v) is 25.3. The average molecular weight is 584 g/mol. The molecule has 3 rings (SSSR count). The van der Waals surface area contributed by atoms with E-state index in [0.717, 1.165) is 33.7 Å². The minimum atomic E-state index is -3.85. The van der Waals surface area contributed by atoms with Gasteiger partial charge >= 0.3 is 0 Å². The van der Waals surface area contributed by atoms with Crippen LogP contribution in [0.3, 0.4) is 0 Å². The van der Waals surface area contributed by atoms with E-state index < -0.39 is 28.5 Å². The van der Waals surface area contributed by atoms with Crippen molar-refractivity contribution in [3.63, 3.8) is 0 Å². The fraction of sp³-hybridized carbons (Fsp3) is 0.355. The van der Waals surface area contributed by atoms with Gasteiger partial charge in [0.15, 0.2) is 0 Å². The van der Waals surface area contributed by atoms with Gasteiger partial charge in [-0.2, -0.15) is 0 Å². The molecule has 0 heterocycles. The van der Waals surface area contributed by atoms with Crippen molar-refractivity contribution in [1.29, 1.82) is 0 Å². The molecule has 0 saturated heterocycles. The van der Waals surface area contributed by atoms with Gasteiger partial charge in [-0.05, 0) is 62.1 Å². The van der Waals surface area contributed by atoms with E-state index >= 15 is 0 Å². The number of anilines is 1. The van der Waals surface area contributed by atoms with Crippen LogP contribution in [0.4, 0.5) is 5.69 Å². The summed E-state index contributed by atoms with van der Waals surface area (Å²) < 4.78 is 27.0. The maximum Gasteiger partial charge on any atom is 0.244 e. The van der Waals surface area contributed by atoms with Crippen molar-refractivity contribution >= 4 is 39.1 Å². The first kappa shape index (κ1) is 31.2. The largest absolute Gasteiger partial charge is 0.352 e. The standard InChI is InChI=1S/C31H38ClN3O4S/c1-6-24(4)33-31(37)29(19-25-10-8-7-9-11-25)34(20-26-14-12-22(2)13-15-26)30(36)21-35(40(5,38)39)28-17-16-27(32)18-23(28)3/h7-18,24,29H,6,19-21H2,1-5H3,(H,33,37)/t24-,29+/m1/s1. The third kappa shape index (κ3) is 8.57. The molecule has 3 aromatic rings. The number of hydrogen-bond acceptors (Lipinski definition) is 4. The van der Waals surface area contributed by atoms with Crippen LogP contribution in [0, 0.1) is 13.8 Å². The number of benzene rings is 3. The van der Waals surface area contributed by atoms with Gasteiger partial charge in [-0.1, -0.05) is 78.7 Å². The van der Waals surface area contributed by atoms with Gasteiger partial charge in [0.2, 0.25) is 21.8 Å². The summed E-state index contributed by atoms with van der Waals surface area (Å²) in [4.78, 5) is 29.3. The van der Waals surface area contributed by atoms with Gasteiger partial charge in [0.25, 0.3) is 0 Å². The molecular weight excluding hydrogens is 546 g/mol. The lowest BCUT2D eigenvalue weighted by Gasteiger charge is -2.34. The van der Waals surface area contributed by atoms with E-state index in [0.29, 0.717) is 16.3 Å². The van der Waals surface area contributed by atoms with Gasteiger partial charge in [0.1, 0.15) is 12.6 Å². The van der Waals surface area contributed by atoms with Crippen molar-refractivity contribution in [2.24, 2.45) is 0 Å². The number of halogens is 1. The Kier molecular flexibility index (Phi) is 10.8. The summed E-state index contributed by atoms with van der Waals surface area (Å²) in [5.41, 5.74) is 3.77. The van der Waals surface area contributed by atoms with Crippen LogP contribution in [0.1, 0.15) is 42.5 Å². The predicted molar refractivity (Wildman–Crippen MR) is 162 cm³/mol. The number of nitrogens with zero attached hydrogens (tertiary/aromatic N) is 2. The number of rotatable bonds is 12. The second kappa shape index (κ2) is 13.8. The molecular formula is C31H38ClN3O4S. The Labute approximate surface area is 243 Å². The van der Waals surface area contributed by atoms with E-state index in [1.165, 1.54) is 4.90 Å². The third-order valence-corrected chi connectivity index (χ3v) is 8.21. The Morgan fingerprint density at radius 3 is 2.17 bits per heavy atom. The van der Waals surface area contributed by atoms with Crippen molar-refractivity contribution in [3.05, 3.63) is 100 Å². The van der Waals surface area contributed by atoms with E-state index in [1.807, 2.05) is 75.4 Å². The Morgan fingerprint density at radius 2 is 1.60 bits per heavy atom. The summed E-state index contributed by atoms with van der Waals surface area (Å²) >= 11 is 6.11. The van der Waals surface area contributed by atoms with Crippen molar-refractivity contribution in [1.82, 2.24) is 10.2 Å². The normalized spacial score (nSPS) is 12.8. The number of amides is 2. The Balaban J connectivity index is 2.07. The van der Waals surface area contributed by atoms with Crippen LogP contribution in [0.25, 0.3) is 0 Å². The number of hydrogen-bond donors (Lipinski definition) is 1. The van der Waals surface area contributed by atoms with Crippen LogP contribution in [0.15, 0.2) is 72.8 Å². The van der Waals surface area contributed by atoms with E-state index in [-0.39, 0.29) is 24.9 Å². The zero-order valence-electron chi connectivity index (χ0n) is 23.7. The smallest absolute Gasteiger partial charge is 0.244 e. The van der Waals surface area contributed by atoms with Crippen LogP contribution in [-0.4, -0.2) is 50.0 Å². The van der Waals surface area contributed by atoms with Crippen LogP contribution >= 0.6 is 11.6 Å². The second-order valence-corrected chi connectivity index (χ2v) is 12.6. The molecule has 0 aliphatic carbocycles. The van der Waals surface area contributed by atoms with E-state index in [1.54, 1.807) is 25.1 Å². The minimum absolute atomic E-state index is 0.0914. The lowest BCUT2D eigenvalue weighted by molar-refractivity contribution is -0.140. The molecule has 214 valence electrons. The number of carbonyl (C=O) groups excluding carboxylic acids is 2. The first-order valence-electron chi connectivity index (χ1n) is 13.3. The van der Waals surface area contributed by atoms with Crippen LogP contribution in [0.5, 0.6) is 0 Å². The summed E-state index contributed by atoms with van der Waals surface area (Å²) in [6.45, 7) is 7.29. The number of nitrogens with one attached hydrogen (secondary N) is 1. The highest BCUT2D eigenvalue weighted by molar-refractivity contribution is 7.92. The van der Waals surface area contributed by atoms with Gasteiger partial charge < -0.3 is 10.2 Å². The molecule has 2 atom stereocenters. The zero-order chi connectivity index (χ0) is 29.4. The maximum absolute atomic E-state index is 14.1. The van der Waals surface area contributed by atoms with Crippen LogP contribution in [0.2, 0.25) is 5.02 Å². The highest BCUT2D eigenvalue weighted by atomic mass is 35.5. The van der Waals surface area contributed by atoms with E-state index in [9.17, 15) is 18.0 Å². The molecule has 1 N–H and O–H groups in total. The van der Waals surface area contributed by atoms with Crippen molar-refractivity contribution < 1.29 is 18.0 Å². The molecule has 0 aliphatic heterocycles. The molecule has 9 heteroatoms. The molecule has 2 amide bonds. The Hall–Kier alpha value is -3.36. The summed E-state index contributed by atoms with van der Waals surface area (Å²) in [5.74, 6) is -0.771. The number of sulfonamides is 1. The molecule has 0 unspecified atom stereocenters. The van der Waals surface area contributed by atoms with Gasteiger partial charge in [-0.25, -0.2) is 8.42 Å². The minimum Gasteiger partial charge on any atom is -0.352 e. The third-order valence-electron chi connectivity index (χ3n) is 6.85. The fourth-order valence-electron chi connectivity index (χ4n) is 4.38. The number of carbonyl (C=O) groups is 2. The molecule has 0 bridgehead atoms. The summed E-state index contributed by atoms with van der Waals surface area (Å²) in [6.07, 6.45) is 2.07. The molecule has 40 heavy (non-hydrogen) atoms. The quantitative estimate of drug-likeness (QED) is 0.314. The highest BCUT2D eigenvalue weighted by Gasteiger charge is 2.33. The number of aryl methyl sites for hydroxylation is 2. The van der Waals surface area contributed by atoms with Gasteiger partial charge in [-0.3, -0.25) is 13.9 Å². The lowest BCUT2D eigenvalue weighted by Crippen LogP contribution is -2.54. The second-order valence-electron chi connectivity index (χ2n) is 10.2. The summed E-state index contributed by atoms with van der Waals surface area (Å²) in [7, 11) is -3.85. The van der Waals surface area contributed by atoms with E-state index in [4.69, 9.17) is 11.6 Å². The molecule has 0 aromatic heterocycles. The first-order valence-corrected chi connectivity index (χ1v) is 15.5. The molecule has 7 nitrogen and oxygen atoms in total. The van der Waals surface area contributed by atoms with Gasteiger partial charge in [-0.15, -0.1) is 0 Å². The first-order chi connectivity index (χ1) is 18.9. The molecule has 0 radical (unpaired) electrons. The summed E-state index contributed by atoms with van der Waals surface area (Å²) in [6, 6.07) is 21.1. The molecule has 0 saturated carbocycles. The van der Waals surface area contributed by atoms with Gasteiger partial charge in [0, 0.05) is 24.0 Å². The fourth-order valence-corrected chi connectivity index (χ4v) is 5.51. The van der Waals surface area contributed by atoms with Crippen molar-refractivity contribution in [2.75, 3.05) is 17.1 Å². The molecule has 0 spiro atoms. The maximum atomic E-state index is 14.1. The van der Waals surface area contributed by atoms with Crippen LogP contribution in [-0.2, 0) is 32.6 Å². The molecule has 0 aliphatic rings. The Bertz CT molecular complexity index is 1410. The molecule has 3 aromatic carbocycles. The van der Waals surface area contributed by atoms with Gasteiger partial charge in [0.05, 0.1) is 11.9 Å². The van der Waals surface area contributed by atoms with Crippen molar-refractivity contribution in [2.45, 2.75) is 59.2 Å². The molecule has 0 fully saturated rings. The highest BCUT2D eigenvalue weighted by Crippen LogP contribution is 2.26. The van der Waals surface area contributed by atoms with Crippen LogP contribution < -0.4 is 9.62 Å². The average Bonchev–Trinajstić information content (AvgIpc) is 2.90. The summed E-state index contributed by atoms with van der Waals surface area (Å²) in [5, 5.41) is 3.50. The predicted octanol–water partition coefficient (Wildman–Crippen LogP) is 5.28. The van der Waals surface area contributed by atoms with E-state index in [2.05, 4.69) is 5.32 Å². The topological polar surface area (TPSA) is 86.8 Å². The van der Waals surface area contributed by atoms with Crippen molar-refractivity contribution in [3.8, 4) is 0 Å². The SMILES string of the molecule is CC[C@@H](C)NC(=O)[C@H](Cc1ccccc1)N(Cc1ccc(C)cc1)C(=O)CN(c1ccc(Cl)cc1C)S(C)(=O)=O. The monoisotopic (exact) mass is 583 g/mol.